The fourth-order valence-corrected chi connectivity index (χ4v) is 0. The summed E-state index contributed by atoms with van der Waals surface area (Å²) in [6.07, 6.45) is 0. The van der Waals surface area contributed by atoms with E-state index in [4.69, 9.17) is 9.90 Å². The van der Waals surface area contributed by atoms with E-state index in [1.54, 1.807) is 0 Å². The van der Waals surface area contributed by atoms with Gasteiger partial charge in [0.25, 0.3) is 0 Å². The van der Waals surface area contributed by atoms with Crippen LogP contribution in [0.15, 0.2) is 0 Å². The molecule has 0 unspecified atom stereocenters. The molecule has 0 saturated heterocycles. The molecule has 0 saturated carbocycles. The van der Waals surface area contributed by atoms with Crippen molar-refractivity contribution < 1.29 is 69.1 Å². The summed E-state index contributed by atoms with van der Waals surface area (Å²) in [7, 11) is 0. The van der Waals surface area contributed by atoms with Crippen molar-refractivity contribution in [2.24, 2.45) is 0 Å². The quantitative estimate of drug-likeness (QED) is 0.344. The molecule has 54 valence electrons. The Bertz CT molecular complexity index is 101. The molecule has 0 aromatic carbocycles. The van der Waals surface area contributed by atoms with Gasteiger partial charge >= 0.3 is 57.4 Å². The number of aliphatic carboxylic acids is 1. The Balaban J connectivity index is -0.0000000910. The van der Waals surface area contributed by atoms with Crippen LogP contribution in [-0.2, 0) is 12.7 Å². The molecule has 10 heavy (non-hydrogen) atoms. The normalized spacial score (nSPS) is 5.90. The van der Waals surface area contributed by atoms with Gasteiger partial charge in [-0.3, -0.25) is 4.79 Å². The molecule has 0 aliphatic rings. The molecule has 0 aliphatic heterocycles. The summed E-state index contributed by atoms with van der Waals surface area (Å²) in [5, 5.41) is 8.89. The van der Waals surface area contributed by atoms with Crippen molar-refractivity contribution >= 4 is 34.9 Å². The van der Waals surface area contributed by atoms with E-state index in [1.807, 2.05) is 0 Å². The van der Waals surface area contributed by atoms with E-state index in [-0.39, 0.29) is 57.4 Å². The average molecular weight is 284 g/mol. The zero-order chi connectivity index (χ0) is 7.86. The van der Waals surface area contributed by atoms with Crippen molar-refractivity contribution in [1.29, 1.82) is 0 Å². The molecule has 0 atom stereocenters. The first-order valence-electron chi connectivity index (χ1n) is 1.97. The van der Waals surface area contributed by atoms with E-state index < -0.39 is 5.97 Å². The van der Waals surface area contributed by atoms with Gasteiger partial charge < -0.3 is 13.0 Å². The third kappa shape index (κ3) is 58.7. The van der Waals surface area contributed by atoms with Gasteiger partial charge in [0.2, 0.25) is 0 Å². The number of halogens is 1. The van der Waals surface area contributed by atoms with Gasteiger partial charge in [-0.05, 0) is 6.92 Å². The van der Waals surface area contributed by atoms with Crippen LogP contribution in [0.4, 0.5) is 0 Å². The molecule has 0 N–H and O–H groups in total. The molecule has 0 fully saturated rings. The van der Waals surface area contributed by atoms with Crippen LogP contribution < -0.4 is 56.5 Å². The van der Waals surface area contributed by atoms with E-state index in [1.165, 1.54) is 29.9 Å². The van der Waals surface area contributed by atoms with Crippen molar-refractivity contribution in [2.75, 3.05) is 0 Å². The van der Waals surface area contributed by atoms with Crippen LogP contribution in [0.1, 0.15) is 13.8 Å². The van der Waals surface area contributed by atoms with E-state index >= 15 is 0 Å². The fraction of sp³-hybridized carbons (Fsp3) is 0.500. The summed E-state index contributed by atoms with van der Waals surface area (Å²) < 4.78 is 4.08. The summed E-state index contributed by atoms with van der Waals surface area (Å²) >= 11 is 1.53. The Kier molecular flexibility index (Phi) is 22.5. The maximum atomic E-state index is 9.58. The molecule has 0 aliphatic carbocycles. The fourth-order valence-electron chi connectivity index (χ4n) is 0. The Labute approximate surface area is 116 Å². The third-order valence-corrected chi connectivity index (χ3v) is 0.729. The molecular weight excluding hydrogens is 278 g/mol. The van der Waals surface area contributed by atoms with Crippen molar-refractivity contribution in [3.8, 4) is 0 Å². The largest absolute Gasteiger partial charge is 1.00 e. The Morgan fingerprint density at radius 1 is 1.40 bits per heavy atom. The second-order valence-corrected chi connectivity index (χ2v) is 1.50. The predicted octanol–water partition coefficient (Wildman–Crippen LogP) is -3.34. The summed E-state index contributed by atoms with van der Waals surface area (Å²) in [5.41, 5.74) is 0. The molecule has 6 heteroatoms. The minimum Gasteiger partial charge on any atom is -0.550 e. The number of rotatable bonds is 0. The van der Waals surface area contributed by atoms with Crippen molar-refractivity contribution in [1.82, 2.24) is 0 Å². The molecule has 0 bridgehead atoms. The monoisotopic (exact) mass is 284 g/mol. The first-order chi connectivity index (χ1) is 4.00. The van der Waals surface area contributed by atoms with Gasteiger partial charge in [0.1, 0.15) is 0 Å². The minimum atomic E-state index is -1.08. The second-order valence-electron chi connectivity index (χ2n) is 1.06. The van der Waals surface area contributed by atoms with Crippen LogP contribution in [0.3, 0.4) is 0 Å². The number of carboxylic acids is 1. The minimum absolute atomic E-state index is 0. The summed E-state index contributed by atoms with van der Waals surface area (Å²) in [6, 6.07) is 0. The molecule has 0 spiro atoms. The van der Waals surface area contributed by atoms with E-state index in [0.717, 1.165) is 6.92 Å². The standard InChI is InChI=1S/C2H3IO2.C2H4O2.K/c1-2(4)5-3;1-2(3)4;/h1H3;1H3,(H,3,4);/q;;+1/p-1. The smallest absolute Gasteiger partial charge is 0.550 e. The van der Waals surface area contributed by atoms with Crippen LogP contribution in [0, 0.1) is 0 Å². The number of hydrogen-bond acceptors (Lipinski definition) is 4. The van der Waals surface area contributed by atoms with Gasteiger partial charge in [-0.2, -0.15) is 0 Å². The molecular formula is C4H6IKO4. The average Bonchev–Trinajstić information content (AvgIpc) is 1.65. The first kappa shape index (κ1) is 17.4. The topological polar surface area (TPSA) is 66.4 Å². The second kappa shape index (κ2) is 12.9. The maximum absolute atomic E-state index is 9.58. The number of carboxylic acid groups (broad SMARTS) is 1. The zero-order valence-corrected chi connectivity index (χ0v) is 11.3. The van der Waals surface area contributed by atoms with Gasteiger partial charge in [-0.15, -0.1) is 0 Å². The van der Waals surface area contributed by atoms with Gasteiger partial charge in [0.15, 0.2) is 23.0 Å². The van der Waals surface area contributed by atoms with Gasteiger partial charge in [0.05, 0.1) is 0 Å². The van der Waals surface area contributed by atoms with Crippen molar-refractivity contribution in [2.45, 2.75) is 13.8 Å². The van der Waals surface area contributed by atoms with E-state index in [2.05, 4.69) is 3.07 Å². The number of carbonyl (C=O) groups is 2. The Morgan fingerprint density at radius 2 is 1.50 bits per heavy atom. The number of hydrogen-bond donors (Lipinski definition) is 0. The van der Waals surface area contributed by atoms with Crippen LogP contribution >= 0.6 is 23.0 Å². The zero-order valence-electron chi connectivity index (χ0n) is 6.01. The van der Waals surface area contributed by atoms with E-state index in [9.17, 15) is 4.79 Å². The van der Waals surface area contributed by atoms with Gasteiger partial charge in [-0.25, -0.2) is 0 Å². The third-order valence-electron chi connectivity index (χ3n) is 0.109. The first-order valence-corrected chi connectivity index (χ1v) is 2.85. The maximum Gasteiger partial charge on any atom is 1.00 e. The molecule has 0 amide bonds. The van der Waals surface area contributed by atoms with Gasteiger partial charge in [0, 0.05) is 12.9 Å². The molecule has 0 aromatic rings. The van der Waals surface area contributed by atoms with Crippen LogP contribution in [-0.4, -0.2) is 11.9 Å². The molecule has 0 aromatic heterocycles. The molecule has 0 radical (unpaired) electrons. The summed E-state index contributed by atoms with van der Waals surface area (Å²) in [4.78, 5) is 18.5. The molecule has 4 nitrogen and oxygen atoms in total. The Morgan fingerprint density at radius 3 is 1.50 bits per heavy atom. The summed E-state index contributed by atoms with van der Waals surface area (Å²) in [5.74, 6) is -1.34. The molecule has 0 rings (SSSR count). The van der Waals surface area contributed by atoms with Gasteiger partial charge in [-0.1, -0.05) is 0 Å². The SMILES string of the molecule is CC(=O)OI.CC(=O)[O-].[K+]. The van der Waals surface area contributed by atoms with E-state index in [0.29, 0.717) is 0 Å². The van der Waals surface area contributed by atoms with Crippen LogP contribution in [0.5, 0.6) is 0 Å². The predicted molar refractivity (Wildman–Crippen MR) is 36.5 cm³/mol. The summed E-state index contributed by atoms with van der Waals surface area (Å²) in [6.45, 7) is 2.33. The molecule has 0 heterocycles. The Hall–Kier alpha value is 1.31. The van der Waals surface area contributed by atoms with Crippen LogP contribution in [0.25, 0.3) is 0 Å². The van der Waals surface area contributed by atoms with Crippen LogP contribution in [0.2, 0.25) is 0 Å². The number of carbonyl (C=O) groups excluding carboxylic acids is 2. The van der Waals surface area contributed by atoms with Crippen molar-refractivity contribution in [3.63, 3.8) is 0 Å². The van der Waals surface area contributed by atoms with Crippen molar-refractivity contribution in [3.05, 3.63) is 0 Å².